The molecular weight excluding hydrogens is 555 g/mol. The number of aromatic nitrogens is 3. The molecule has 0 unspecified atom stereocenters. The average Bonchev–Trinajstić information content (AvgIpc) is 3.59. The third-order valence-corrected chi connectivity index (χ3v) is 8.93. The molecule has 1 aromatic heterocycles. The maximum Gasteiger partial charge on any atom is 0.416 e. The van der Waals surface area contributed by atoms with Gasteiger partial charge in [0.2, 0.25) is 5.92 Å². The van der Waals surface area contributed by atoms with Gasteiger partial charge in [0.05, 0.1) is 18.2 Å². The van der Waals surface area contributed by atoms with Crippen LogP contribution in [0.5, 0.6) is 0 Å². The molecule has 0 bridgehead atoms. The van der Waals surface area contributed by atoms with Crippen LogP contribution in [0.1, 0.15) is 70.5 Å². The Morgan fingerprint density at radius 2 is 1.95 bits per heavy atom. The van der Waals surface area contributed by atoms with Crippen LogP contribution in [0.3, 0.4) is 0 Å². The van der Waals surface area contributed by atoms with Gasteiger partial charge in [-0.1, -0.05) is 12.1 Å². The molecule has 1 aliphatic heterocycles. The van der Waals surface area contributed by atoms with Crippen LogP contribution >= 0.6 is 0 Å². The second-order valence-corrected chi connectivity index (χ2v) is 11.8. The van der Waals surface area contributed by atoms with Gasteiger partial charge in [0.15, 0.2) is 0 Å². The van der Waals surface area contributed by atoms with Gasteiger partial charge in [-0.2, -0.15) is 18.4 Å². The van der Waals surface area contributed by atoms with Crippen LogP contribution in [0.2, 0.25) is 0 Å². The van der Waals surface area contributed by atoms with E-state index < -0.39 is 35.0 Å². The van der Waals surface area contributed by atoms with Crippen molar-refractivity contribution in [1.29, 1.82) is 5.26 Å². The van der Waals surface area contributed by atoms with Crippen LogP contribution in [-0.2, 0) is 38.1 Å². The maximum atomic E-state index is 14.2. The highest BCUT2D eigenvalue weighted by Crippen LogP contribution is 2.50. The molecule has 2 aliphatic carbocycles. The molecule has 0 saturated heterocycles. The standard InChI is InChI=1S/C30H29F5N6O/c1-40-17-38-39-26(40)13-28(10-19(11-28)14-36)20-3-2-4-22(9-20)41-16-24-23(27(41)42)7-18(8-25(24)30(33,34)35)15-37-21-5-6-29(31,32)12-21/h2-4,7-9,17,19,21,37H,5-6,10-13,15-16H2,1H3/t19?,21-,28?/m0/s1. The fourth-order valence-corrected chi connectivity index (χ4v) is 6.65. The molecule has 3 aromatic rings. The molecule has 6 rings (SSSR count). The highest BCUT2D eigenvalue weighted by atomic mass is 19.4. The zero-order valence-corrected chi connectivity index (χ0v) is 22.9. The lowest BCUT2D eigenvalue weighted by Crippen LogP contribution is -2.43. The van der Waals surface area contributed by atoms with Crippen molar-refractivity contribution >= 4 is 11.6 Å². The van der Waals surface area contributed by atoms with Crippen molar-refractivity contribution in [1.82, 2.24) is 20.1 Å². The summed E-state index contributed by atoms with van der Waals surface area (Å²) in [6.45, 7) is -0.295. The number of nitrogens with one attached hydrogen (secondary N) is 1. The van der Waals surface area contributed by atoms with Gasteiger partial charge in [-0.3, -0.25) is 4.79 Å². The number of carbonyl (C=O) groups is 1. The van der Waals surface area contributed by atoms with E-state index in [4.69, 9.17) is 0 Å². The van der Waals surface area contributed by atoms with Crippen LogP contribution < -0.4 is 10.2 Å². The Kier molecular flexibility index (Phi) is 6.84. The SMILES string of the molecule is Cn1cnnc1CC1(c2cccc(N3Cc4c(cc(CN[C@H]5CCC(F)(F)C5)cc4C(F)(F)F)C3=O)c2)CC(C#N)C1. The van der Waals surface area contributed by atoms with E-state index in [0.29, 0.717) is 24.9 Å². The van der Waals surface area contributed by atoms with Crippen molar-refractivity contribution in [3.05, 3.63) is 76.4 Å². The van der Waals surface area contributed by atoms with E-state index in [1.54, 1.807) is 18.5 Å². The fraction of sp³-hybridized carbons (Fsp3) is 0.467. The zero-order chi connectivity index (χ0) is 29.9. The van der Waals surface area contributed by atoms with E-state index in [9.17, 15) is 32.0 Å². The first-order valence-electron chi connectivity index (χ1n) is 13.9. The largest absolute Gasteiger partial charge is 0.416 e. The van der Waals surface area contributed by atoms with Gasteiger partial charge in [-0.05, 0) is 60.2 Å². The molecule has 3 aliphatic rings. The Morgan fingerprint density at radius 1 is 1.17 bits per heavy atom. The van der Waals surface area contributed by atoms with Crippen LogP contribution in [-0.4, -0.2) is 32.6 Å². The zero-order valence-electron chi connectivity index (χ0n) is 22.9. The van der Waals surface area contributed by atoms with Gasteiger partial charge in [-0.25, -0.2) is 8.78 Å². The topological polar surface area (TPSA) is 86.8 Å². The number of aryl methyl sites for hydroxylation is 1. The number of nitrogens with zero attached hydrogens (tertiary/aromatic N) is 5. The summed E-state index contributed by atoms with van der Waals surface area (Å²) in [6, 6.07) is 11.5. The van der Waals surface area contributed by atoms with Crippen LogP contribution in [0, 0.1) is 17.2 Å². The van der Waals surface area contributed by atoms with E-state index in [1.165, 1.54) is 11.0 Å². The third-order valence-electron chi connectivity index (χ3n) is 8.93. The average molecular weight is 585 g/mol. The van der Waals surface area contributed by atoms with Crippen molar-refractivity contribution in [2.75, 3.05) is 4.90 Å². The molecule has 1 atom stereocenters. The number of halogens is 5. The van der Waals surface area contributed by atoms with Gasteiger partial charge in [-0.15, -0.1) is 10.2 Å². The molecule has 0 radical (unpaired) electrons. The Morgan fingerprint density at radius 3 is 2.60 bits per heavy atom. The second-order valence-electron chi connectivity index (χ2n) is 11.8. The van der Waals surface area contributed by atoms with E-state index in [1.807, 2.05) is 23.7 Å². The summed E-state index contributed by atoms with van der Waals surface area (Å²) in [6.07, 6.45) is -1.76. The molecule has 12 heteroatoms. The molecule has 220 valence electrons. The number of alkyl halides is 5. The molecule has 2 heterocycles. The van der Waals surface area contributed by atoms with Gasteiger partial charge >= 0.3 is 6.18 Å². The smallest absolute Gasteiger partial charge is 0.321 e. The van der Waals surface area contributed by atoms with Crippen molar-refractivity contribution in [3.8, 4) is 6.07 Å². The van der Waals surface area contributed by atoms with E-state index in [0.717, 1.165) is 17.5 Å². The van der Waals surface area contributed by atoms with Crippen molar-refractivity contribution in [3.63, 3.8) is 0 Å². The number of rotatable bonds is 7. The lowest BCUT2D eigenvalue weighted by atomic mass is 9.57. The molecular formula is C30H29F5N6O. The molecule has 1 amide bonds. The summed E-state index contributed by atoms with van der Waals surface area (Å²) in [5, 5.41) is 20.6. The molecule has 2 fully saturated rings. The minimum absolute atomic E-state index is 0.0363. The van der Waals surface area contributed by atoms with E-state index in [-0.39, 0.29) is 55.0 Å². The van der Waals surface area contributed by atoms with E-state index in [2.05, 4.69) is 21.6 Å². The van der Waals surface area contributed by atoms with Crippen LogP contribution in [0.15, 0.2) is 42.7 Å². The predicted octanol–water partition coefficient (Wildman–Crippen LogP) is 5.69. The number of carbonyl (C=O) groups excluding carboxylic acids is 1. The number of benzene rings is 2. The van der Waals surface area contributed by atoms with Crippen molar-refractivity contribution < 1.29 is 26.7 Å². The molecule has 1 N–H and O–H groups in total. The Balaban J connectivity index is 1.29. The summed E-state index contributed by atoms with van der Waals surface area (Å²) >= 11 is 0. The first-order chi connectivity index (χ1) is 19.9. The molecule has 2 aromatic carbocycles. The maximum absolute atomic E-state index is 14.2. The van der Waals surface area contributed by atoms with E-state index >= 15 is 0 Å². The van der Waals surface area contributed by atoms with Gasteiger partial charge in [0.25, 0.3) is 5.91 Å². The Hall–Kier alpha value is -3.85. The van der Waals surface area contributed by atoms with Crippen molar-refractivity contribution in [2.24, 2.45) is 13.0 Å². The van der Waals surface area contributed by atoms with Gasteiger partial charge in [0, 0.05) is 61.5 Å². The molecule has 42 heavy (non-hydrogen) atoms. The fourth-order valence-electron chi connectivity index (χ4n) is 6.65. The number of hydrogen-bond donors (Lipinski definition) is 1. The first kappa shape index (κ1) is 28.3. The summed E-state index contributed by atoms with van der Waals surface area (Å²) in [5.41, 5.74) is 0.122. The lowest BCUT2D eigenvalue weighted by molar-refractivity contribution is -0.138. The first-order valence-corrected chi connectivity index (χ1v) is 13.9. The molecule has 2 saturated carbocycles. The normalized spacial score (nSPS) is 24.9. The summed E-state index contributed by atoms with van der Waals surface area (Å²) in [4.78, 5) is 14.9. The predicted molar refractivity (Wildman–Crippen MR) is 143 cm³/mol. The van der Waals surface area contributed by atoms with Gasteiger partial charge in [0.1, 0.15) is 12.2 Å². The summed E-state index contributed by atoms with van der Waals surface area (Å²) in [5.74, 6) is -2.71. The minimum Gasteiger partial charge on any atom is -0.321 e. The monoisotopic (exact) mass is 584 g/mol. The lowest BCUT2D eigenvalue weighted by Gasteiger charge is -2.45. The molecule has 0 spiro atoms. The summed E-state index contributed by atoms with van der Waals surface area (Å²) in [7, 11) is 1.84. The Bertz CT molecular complexity index is 1570. The number of amides is 1. The quantitative estimate of drug-likeness (QED) is 0.361. The Labute approximate surface area is 239 Å². The third kappa shape index (κ3) is 5.15. The highest BCUT2D eigenvalue weighted by molar-refractivity contribution is 6.10. The second kappa shape index (κ2) is 10.2. The number of fused-ring (bicyclic) bond motifs is 1. The number of anilines is 1. The van der Waals surface area contributed by atoms with Crippen LogP contribution in [0.4, 0.5) is 27.6 Å². The van der Waals surface area contributed by atoms with Crippen molar-refractivity contribution in [2.45, 2.75) is 75.2 Å². The van der Waals surface area contributed by atoms with Crippen LogP contribution in [0.25, 0.3) is 0 Å². The summed E-state index contributed by atoms with van der Waals surface area (Å²) < 4.78 is 71.6. The number of hydrogen-bond acceptors (Lipinski definition) is 5. The molecule has 7 nitrogen and oxygen atoms in total. The minimum atomic E-state index is -4.70. The van der Waals surface area contributed by atoms with Gasteiger partial charge < -0.3 is 14.8 Å². The highest BCUT2D eigenvalue weighted by Gasteiger charge is 2.47. The number of nitriles is 1.